The lowest BCUT2D eigenvalue weighted by Crippen LogP contribution is -1.98. The molecule has 0 heterocycles. The Hall–Kier alpha value is -1.32. The fraction of sp³-hybridized carbons (Fsp3) is 0.250. The average molecular weight is 275 g/mol. The van der Waals surface area contributed by atoms with Crippen molar-refractivity contribution < 1.29 is 4.39 Å². The van der Waals surface area contributed by atoms with Crippen molar-refractivity contribution in [3.8, 4) is 0 Å². The van der Waals surface area contributed by atoms with Crippen LogP contribution >= 0.6 is 11.8 Å². The summed E-state index contributed by atoms with van der Waals surface area (Å²) in [6, 6.07) is 13.5. The standard InChI is InChI=1S/C16H18FNS/c1-12-3-2-4-13(5-12)10-19-11-15-6-14(9-18)7-16(17)8-15/h2-8H,9-11,18H2,1H3. The molecule has 0 aliphatic carbocycles. The van der Waals surface area contributed by atoms with Crippen LogP contribution in [0, 0.1) is 12.7 Å². The van der Waals surface area contributed by atoms with E-state index < -0.39 is 0 Å². The van der Waals surface area contributed by atoms with Crippen molar-refractivity contribution in [2.75, 3.05) is 0 Å². The van der Waals surface area contributed by atoms with Crippen LogP contribution in [0.25, 0.3) is 0 Å². The number of thioether (sulfide) groups is 1. The molecule has 0 atom stereocenters. The number of nitrogens with two attached hydrogens (primary N) is 1. The molecule has 0 bridgehead atoms. The minimum absolute atomic E-state index is 0.200. The van der Waals surface area contributed by atoms with E-state index >= 15 is 0 Å². The Morgan fingerprint density at radius 3 is 2.47 bits per heavy atom. The summed E-state index contributed by atoms with van der Waals surface area (Å²) in [6.45, 7) is 2.47. The molecule has 0 aromatic heterocycles. The summed E-state index contributed by atoms with van der Waals surface area (Å²) in [5.74, 6) is 1.54. The van der Waals surface area contributed by atoms with Crippen molar-refractivity contribution in [1.82, 2.24) is 0 Å². The maximum Gasteiger partial charge on any atom is 0.123 e. The van der Waals surface area contributed by atoms with E-state index in [4.69, 9.17) is 5.73 Å². The lowest BCUT2D eigenvalue weighted by Gasteiger charge is -2.06. The maximum absolute atomic E-state index is 13.4. The van der Waals surface area contributed by atoms with Gasteiger partial charge in [0.25, 0.3) is 0 Å². The molecule has 0 saturated heterocycles. The zero-order chi connectivity index (χ0) is 13.7. The first-order chi connectivity index (χ1) is 9.17. The van der Waals surface area contributed by atoms with Crippen LogP contribution < -0.4 is 5.73 Å². The van der Waals surface area contributed by atoms with Gasteiger partial charge in [0, 0.05) is 18.1 Å². The minimum Gasteiger partial charge on any atom is -0.326 e. The third kappa shape index (κ3) is 4.37. The van der Waals surface area contributed by atoms with Crippen molar-refractivity contribution in [3.63, 3.8) is 0 Å². The first kappa shape index (κ1) is 14.1. The SMILES string of the molecule is Cc1cccc(CSCc2cc(F)cc(CN)c2)c1. The molecule has 100 valence electrons. The average Bonchev–Trinajstić information content (AvgIpc) is 2.38. The van der Waals surface area contributed by atoms with Crippen molar-refractivity contribution in [2.24, 2.45) is 5.73 Å². The number of hydrogen-bond donors (Lipinski definition) is 1. The molecule has 2 aromatic rings. The van der Waals surface area contributed by atoms with Crippen molar-refractivity contribution in [2.45, 2.75) is 25.0 Å². The Morgan fingerprint density at radius 1 is 1.00 bits per heavy atom. The smallest absolute Gasteiger partial charge is 0.123 e. The van der Waals surface area contributed by atoms with Gasteiger partial charge >= 0.3 is 0 Å². The fourth-order valence-corrected chi connectivity index (χ4v) is 2.93. The highest BCUT2D eigenvalue weighted by atomic mass is 32.2. The Balaban J connectivity index is 1.94. The Bertz CT molecular complexity index is 554. The normalized spacial score (nSPS) is 10.7. The van der Waals surface area contributed by atoms with E-state index in [0.29, 0.717) is 6.54 Å². The summed E-state index contributed by atoms with van der Waals surface area (Å²) < 4.78 is 13.4. The molecule has 3 heteroatoms. The monoisotopic (exact) mass is 275 g/mol. The van der Waals surface area contributed by atoms with Crippen LogP contribution in [0.15, 0.2) is 42.5 Å². The quantitative estimate of drug-likeness (QED) is 0.891. The molecule has 1 nitrogen and oxygen atoms in total. The first-order valence-electron chi connectivity index (χ1n) is 6.29. The molecule has 0 saturated carbocycles. The van der Waals surface area contributed by atoms with E-state index in [0.717, 1.165) is 22.6 Å². The zero-order valence-corrected chi connectivity index (χ0v) is 11.8. The van der Waals surface area contributed by atoms with Crippen LogP contribution in [0.2, 0.25) is 0 Å². The lowest BCUT2D eigenvalue weighted by molar-refractivity contribution is 0.624. The van der Waals surface area contributed by atoms with E-state index in [9.17, 15) is 4.39 Å². The van der Waals surface area contributed by atoms with Gasteiger partial charge in [0.1, 0.15) is 5.82 Å². The van der Waals surface area contributed by atoms with Gasteiger partial charge in [-0.2, -0.15) is 11.8 Å². The number of benzene rings is 2. The third-order valence-corrected chi connectivity index (χ3v) is 3.95. The van der Waals surface area contributed by atoms with E-state index in [1.807, 2.05) is 6.07 Å². The van der Waals surface area contributed by atoms with Crippen LogP contribution in [0.4, 0.5) is 4.39 Å². The van der Waals surface area contributed by atoms with Crippen molar-refractivity contribution in [1.29, 1.82) is 0 Å². The van der Waals surface area contributed by atoms with Crippen LogP contribution in [0.5, 0.6) is 0 Å². The molecular weight excluding hydrogens is 257 g/mol. The van der Waals surface area contributed by atoms with Gasteiger partial charge in [-0.25, -0.2) is 4.39 Å². The highest BCUT2D eigenvalue weighted by molar-refractivity contribution is 7.97. The Kier molecular flexibility index (Phi) is 5.00. The van der Waals surface area contributed by atoms with Gasteiger partial charge in [-0.1, -0.05) is 35.9 Å². The van der Waals surface area contributed by atoms with Crippen LogP contribution in [-0.2, 0) is 18.1 Å². The van der Waals surface area contributed by atoms with Crippen molar-refractivity contribution in [3.05, 3.63) is 70.5 Å². The topological polar surface area (TPSA) is 26.0 Å². The van der Waals surface area contributed by atoms with E-state index in [2.05, 4.69) is 31.2 Å². The van der Waals surface area contributed by atoms with Crippen molar-refractivity contribution >= 4 is 11.8 Å². The van der Waals surface area contributed by atoms with Gasteiger partial charge in [-0.3, -0.25) is 0 Å². The van der Waals surface area contributed by atoms with Gasteiger partial charge in [0.15, 0.2) is 0 Å². The summed E-state index contributed by atoms with van der Waals surface area (Å²) >= 11 is 1.79. The van der Waals surface area contributed by atoms with E-state index in [1.54, 1.807) is 17.8 Å². The molecule has 0 radical (unpaired) electrons. The number of aryl methyl sites for hydroxylation is 1. The van der Waals surface area contributed by atoms with Gasteiger partial charge in [-0.15, -0.1) is 0 Å². The number of rotatable bonds is 5. The molecule has 0 spiro atoms. The summed E-state index contributed by atoms with van der Waals surface area (Å²) in [7, 11) is 0. The molecule has 0 unspecified atom stereocenters. The number of hydrogen-bond acceptors (Lipinski definition) is 2. The summed E-state index contributed by atoms with van der Waals surface area (Å²) in [4.78, 5) is 0. The molecule has 2 N–H and O–H groups in total. The summed E-state index contributed by atoms with van der Waals surface area (Å²) in [6.07, 6.45) is 0. The highest BCUT2D eigenvalue weighted by Gasteiger charge is 2.01. The maximum atomic E-state index is 13.4. The van der Waals surface area contributed by atoms with Gasteiger partial charge in [0.05, 0.1) is 0 Å². The summed E-state index contributed by atoms with van der Waals surface area (Å²) in [5.41, 5.74) is 9.98. The van der Waals surface area contributed by atoms with Gasteiger partial charge < -0.3 is 5.73 Å². The van der Waals surface area contributed by atoms with Gasteiger partial charge in [0.2, 0.25) is 0 Å². The molecule has 0 fully saturated rings. The second kappa shape index (κ2) is 6.73. The zero-order valence-electron chi connectivity index (χ0n) is 11.0. The second-order valence-electron chi connectivity index (χ2n) is 4.65. The van der Waals surface area contributed by atoms with Gasteiger partial charge in [-0.05, 0) is 35.7 Å². The third-order valence-electron chi connectivity index (χ3n) is 2.87. The lowest BCUT2D eigenvalue weighted by atomic mass is 10.1. The van der Waals surface area contributed by atoms with Crippen LogP contribution in [0.1, 0.15) is 22.3 Å². The highest BCUT2D eigenvalue weighted by Crippen LogP contribution is 2.20. The Morgan fingerprint density at radius 2 is 1.74 bits per heavy atom. The Labute approximate surface area is 118 Å². The largest absolute Gasteiger partial charge is 0.326 e. The first-order valence-corrected chi connectivity index (χ1v) is 7.44. The van der Waals surface area contributed by atoms with Crippen LogP contribution in [0.3, 0.4) is 0 Å². The fourth-order valence-electron chi connectivity index (χ4n) is 2.01. The minimum atomic E-state index is -0.200. The molecule has 2 rings (SSSR count). The molecule has 19 heavy (non-hydrogen) atoms. The number of halogens is 1. The predicted octanol–water partition coefficient (Wildman–Crippen LogP) is 4.03. The molecule has 0 amide bonds. The molecule has 0 aliphatic heterocycles. The molecule has 2 aromatic carbocycles. The predicted molar refractivity (Wildman–Crippen MR) is 80.5 cm³/mol. The molecular formula is C16H18FNS. The van der Waals surface area contributed by atoms with E-state index in [1.165, 1.54) is 17.2 Å². The molecule has 0 aliphatic rings. The second-order valence-corrected chi connectivity index (χ2v) is 5.64. The summed E-state index contributed by atoms with van der Waals surface area (Å²) in [5, 5.41) is 0. The van der Waals surface area contributed by atoms with Crippen LogP contribution in [-0.4, -0.2) is 0 Å². The van der Waals surface area contributed by atoms with E-state index in [-0.39, 0.29) is 5.82 Å².